The summed E-state index contributed by atoms with van der Waals surface area (Å²) in [5, 5.41) is 3.10. The quantitative estimate of drug-likeness (QED) is 0.784. The van der Waals surface area contributed by atoms with Gasteiger partial charge in [-0.3, -0.25) is 4.79 Å². The molecule has 5 heteroatoms. The lowest BCUT2D eigenvalue weighted by Crippen LogP contribution is -2.76. The van der Waals surface area contributed by atoms with Crippen molar-refractivity contribution in [1.82, 2.24) is 5.32 Å². The van der Waals surface area contributed by atoms with E-state index >= 15 is 0 Å². The van der Waals surface area contributed by atoms with Gasteiger partial charge in [-0.15, -0.1) is 0 Å². The Hall–Kier alpha value is -0.650. The van der Waals surface area contributed by atoms with E-state index in [0.717, 1.165) is 19.4 Å². The van der Waals surface area contributed by atoms with Crippen LogP contribution in [0.5, 0.6) is 0 Å². The number of hydrogen-bond donors (Lipinski definition) is 2. The Bertz CT molecular complexity index is 424. The molecule has 0 spiro atoms. The van der Waals surface area contributed by atoms with Gasteiger partial charge >= 0.3 is 0 Å². The van der Waals surface area contributed by atoms with Crippen LogP contribution in [0, 0.1) is 17.3 Å². The molecule has 1 aliphatic carbocycles. The summed E-state index contributed by atoms with van der Waals surface area (Å²) in [5.74, 6) is 0.792. The van der Waals surface area contributed by atoms with Gasteiger partial charge in [-0.2, -0.15) is 0 Å². The Morgan fingerprint density at radius 1 is 1.43 bits per heavy atom. The number of nitrogens with two attached hydrogens (primary N) is 1. The summed E-state index contributed by atoms with van der Waals surface area (Å²) in [5.41, 5.74) is 5.25. The van der Waals surface area contributed by atoms with E-state index in [0.29, 0.717) is 31.4 Å². The molecule has 2 aliphatic rings. The zero-order valence-corrected chi connectivity index (χ0v) is 15.4. The van der Waals surface area contributed by atoms with Gasteiger partial charge in [0, 0.05) is 37.5 Å². The maximum absolute atomic E-state index is 12.7. The molecule has 3 N–H and O–H groups in total. The van der Waals surface area contributed by atoms with Crippen LogP contribution in [0.1, 0.15) is 53.9 Å². The summed E-state index contributed by atoms with van der Waals surface area (Å²) in [4.78, 5) is 12.7. The van der Waals surface area contributed by atoms with Crippen molar-refractivity contribution in [3.8, 4) is 0 Å². The van der Waals surface area contributed by atoms with E-state index in [4.69, 9.17) is 15.2 Å². The molecule has 134 valence electrons. The molecule has 1 amide bonds. The number of nitrogens with one attached hydrogen (secondary N) is 1. The van der Waals surface area contributed by atoms with E-state index in [1.165, 1.54) is 0 Å². The van der Waals surface area contributed by atoms with Crippen molar-refractivity contribution in [2.45, 2.75) is 71.6 Å². The largest absolute Gasteiger partial charge is 0.378 e. The minimum atomic E-state index is -0.838. The lowest BCUT2D eigenvalue weighted by molar-refractivity contribution is -0.171. The van der Waals surface area contributed by atoms with Gasteiger partial charge in [0.15, 0.2) is 0 Å². The average molecular weight is 326 g/mol. The fourth-order valence-electron chi connectivity index (χ4n) is 4.02. The molecular weight excluding hydrogens is 292 g/mol. The zero-order chi connectivity index (χ0) is 17.3. The van der Waals surface area contributed by atoms with Gasteiger partial charge in [0.2, 0.25) is 5.91 Å². The topological polar surface area (TPSA) is 73.6 Å². The lowest BCUT2D eigenvalue weighted by atomic mass is 9.54. The molecule has 1 heterocycles. The van der Waals surface area contributed by atoms with Gasteiger partial charge in [-0.25, -0.2) is 0 Å². The molecule has 4 atom stereocenters. The molecule has 2 fully saturated rings. The van der Waals surface area contributed by atoms with E-state index in [9.17, 15) is 4.79 Å². The van der Waals surface area contributed by atoms with Crippen molar-refractivity contribution in [1.29, 1.82) is 0 Å². The van der Waals surface area contributed by atoms with Crippen molar-refractivity contribution in [3.05, 3.63) is 0 Å². The first kappa shape index (κ1) is 18.7. The van der Waals surface area contributed by atoms with Crippen LogP contribution in [-0.4, -0.2) is 43.4 Å². The van der Waals surface area contributed by atoms with Crippen molar-refractivity contribution in [2.75, 3.05) is 19.8 Å². The van der Waals surface area contributed by atoms with Gasteiger partial charge in [0.1, 0.15) is 5.54 Å². The van der Waals surface area contributed by atoms with Crippen LogP contribution in [0.4, 0.5) is 0 Å². The van der Waals surface area contributed by atoms with Gasteiger partial charge in [0.25, 0.3) is 0 Å². The predicted molar refractivity (Wildman–Crippen MR) is 91.0 cm³/mol. The van der Waals surface area contributed by atoms with Crippen LogP contribution < -0.4 is 11.1 Å². The molecule has 0 bridgehead atoms. The second-order valence-corrected chi connectivity index (χ2v) is 8.03. The van der Waals surface area contributed by atoms with Crippen LogP contribution in [0.25, 0.3) is 0 Å². The highest BCUT2D eigenvalue weighted by Gasteiger charge is 2.62. The number of rotatable bonds is 6. The Kier molecular flexibility index (Phi) is 5.75. The fourth-order valence-corrected chi connectivity index (χ4v) is 4.02. The van der Waals surface area contributed by atoms with Crippen LogP contribution in [-0.2, 0) is 14.3 Å². The molecule has 0 aromatic carbocycles. The van der Waals surface area contributed by atoms with Crippen molar-refractivity contribution in [2.24, 2.45) is 23.0 Å². The molecule has 2 rings (SSSR count). The standard InChI is InChI=1S/C18H34N2O3/c1-6-22-14-10-18(19,17(14,4)5)16(21)20-11-13-8-7-9-23-15(13)12(2)3/h12-15H,6-11,19H2,1-5H3,(H,20,21). The van der Waals surface area contributed by atoms with E-state index in [-0.39, 0.29) is 23.5 Å². The van der Waals surface area contributed by atoms with Crippen LogP contribution in [0.15, 0.2) is 0 Å². The van der Waals surface area contributed by atoms with Gasteiger partial charge in [0.05, 0.1) is 12.2 Å². The molecule has 4 unspecified atom stereocenters. The predicted octanol–water partition coefficient (Wildman–Crippen LogP) is 2.09. The molecular formula is C18H34N2O3. The number of carbonyl (C=O) groups is 1. The number of ether oxygens (including phenoxy) is 2. The summed E-state index contributed by atoms with van der Waals surface area (Å²) in [6, 6.07) is 0. The smallest absolute Gasteiger partial charge is 0.240 e. The number of carbonyl (C=O) groups excluding carboxylic acids is 1. The third-order valence-electron chi connectivity index (χ3n) is 5.91. The minimum Gasteiger partial charge on any atom is -0.378 e. The van der Waals surface area contributed by atoms with Crippen LogP contribution in [0.3, 0.4) is 0 Å². The van der Waals surface area contributed by atoms with Crippen molar-refractivity contribution < 1.29 is 14.3 Å². The number of hydrogen-bond acceptors (Lipinski definition) is 4. The molecule has 1 aliphatic heterocycles. The van der Waals surface area contributed by atoms with Gasteiger partial charge in [-0.1, -0.05) is 27.7 Å². The molecule has 0 aromatic rings. The fraction of sp³-hybridized carbons (Fsp3) is 0.944. The third kappa shape index (κ3) is 3.42. The maximum atomic E-state index is 12.7. The minimum absolute atomic E-state index is 0.0495. The molecule has 0 radical (unpaired) electrons. The summed E-state index contributed by atoms with van der Waals surface area (Å²) in [6.07, 6.45) is 3.04. The highest BCUT2D eigenvalue weighted by molar-refractivity contribution is 5.88. The maximum Gasteiger partial charge on any atom is 0.240 e. The third-order valence-corrected chi connectivity index (χ3v) is 5.91. The first-order valence-electron chi connectivity index (χ1n) is 9.04. The molecule has 0 aromatic heterocycles. The van der Waals surface area contributed by atoms with Crippen LogP contribution in [0.2, 0.25) is 0 Å². The summed E-state index contributed by atoms with van der Waals surface area (Å²) < 4.78 is 11.6. The Morgan fingerprint density at radius 2 is 2.13 bits per heavy atom. The SMILES string of the molecule is CCOC1CC(N)(C(=O)NCC2CCCOC2C(C)C)C1(C)C. The van der Waals surface area contributed by atoms with Crippen LogP contribution >= 0.6 is 0 Å². The molecule has 5 nitrogen and oxygen atoms in total. The van der Waals surface area contributed by atoms with E-state index in [1.54, 1.807) is 0 Å². The zero-order valence-electron chi connectivity index (χ0n) is 15.4. The highest BCUT2D eigenvalue weighted by atomic mass is 16.5. The van der Waals surface area contributed by atoms with Crippen molar-refractivity contribution >= 4 is 5.91 Å². The van der Waals surface area contributed by atoms with E-state index < -0.39 is 5.54 Å². The first-order valence-corrected chi connectivity index (χ1v) is 9.04. The monoisotopic (exact) mass is 326 g/mol. The summed E-state index contributed by atoms with van der Waals surface area (Å²) in [6.45, 7) is 12.5. The van der Waals surface area contributed by atoms with Gasteiger partial charge in [-0.05, 0) is 25.7 Å². The van der Waals surface area contributed by atoms with Crippen molar-refractivity contribution in [3.63, 3.8) is 0 Å². The molecule has 23 heavy (non-hydrogen) atoms. The van der Waals surface area contributed by atoms with E-state index in [2.05, 4.69) is 19.2 Å². The number of amides is 1. The Balaban J connectivity index is 1.92. The first-order chi connectivity index (χ1) is 10.7. The molecule has 1 saturated carbocycles. The van der Waals surface area contributed by atoms with E-state index in [1.807, 2.05) is 20.8 Å². The summed E-state index contributed by atoms with van der Waals surface area (Å²) in [7, 11) is 0. The second-order valence-electron chi connectivity index (χ2n) is 8.03. The lowest BCUT2D eigenvalue weighted by Gasteiger charge is -2.57. The average Bonchev–Trinajstić information content (AvgIpc) is 2.52. The highest BCUT2D eigenvalue weighted by Crippen LogP contribution is 2.49. The second kappa shape index (κ2) is 7.08. The summed E-state index contributed by atoms with van der Waals surface area (Å²) >= 11 is 0. The van der Waals surface area contributed by atoms with Gasteiger partial charge < -0.3 is 20.5 Å². The normalized spacial score (nSPS) is 36.6. The molecule has 1 saturated heterocycles. The Labute approximate surface area is 140 Å². The Morgan fingerprint density at radius 3 is 2.70 bits per heavy atom.